The number of ether oxygens (including phenoxy) is 1. The number of methoxy groups -OCH3 is 1. The van der Waals surface area contributed by atoms with Gasteiger partial charge in [0.15, 0.2) is 0 Å². The van der Waals surface area contributed by atoms with Crippen molar-refractivity contribution in [3.05, 3.63) is 35.9 Å². The molecule has 21 heavy (non-hydrogen) atoms. The summed E-state index contributed by atoms with van der Waals surface area (Å²) in [5.41, 5.74) is 1.04. The summed E-state index contributed by atoms with van der Waals surface area (Å²) in [6.07, 6.45) is 3.03. The first-order valence-corrected chi connectivity index (χ1v) is 7.85. The number of carbonyl (C=O) groups is 1. The largest absolute Gasteiger partial charge is 0.383 e. The minimum atomic E-state index is -0.228. The fourth-order valence-corrected chi connectivity index (χ4v) is 3.05. The van der Waals surface area contributed by atoms with Crippen LogP contribution in [0.4, 0.5) is 0 Å². The molecule has 1 aliphatic rings. The smallest absolute Gasteiger partial charge is 0.245 e. The van der Waals surface area contributed by atoms with Crippen LogP contribution in [-0.2, 0) is 9.53 Å². The molecule has 0 saturated carbocycles. The Bertz CT molecular complexity index is 449. The van der Waals surface area contributed by atoms with Gasteiger partial charge in [0.2, 0.25) is 5.91 Å². The van der Waals surface area contributed by atoms with Crippen LogP contribution in [0.2, 0.25) is 0 Å². The third-order valence-electron chi connectivity index (χ3n) is 4.11. The van der Waals surface area contributed by atoms with E-state index in [0.29, 0.717) is 6.61 Å². The Morgan fingerprint density at radius 1 is 1.29 bits per heavy atom. The van der Waals surface area contributed by atoms with E-state index in [1.807, 2.05) is 35.2 Å². The first-order valence-electron chi connectivity index (χ1n) is 7.85. The van der Waals surface area contributed by atoms with E-state index in [9.17, 15) is 4.79 Å². The Labute approximate surface area is 127 Å². The molecule has 1 aliphatic heterocycles. The Kier molecular flexibility index (Phi) is 5.76. The highest BCUT2D eigenvalue weighted by atomic mass is 16.5. The quantitative estimate of drug-likeness (QED) is 0.839. The number of benzene rings is 1. The third-order valence-corrected chi connectivity index (χ3v) is 4.11. The molecular weight excluding hydrogens is 264 g/mol. The van der Waals surface area contributed by atoms with Gasteiger partial charge >= 0.3 is 0 Å². The Hall–Kier alpha value is -1.39. The average molecular weight is 290 g/mol. The number of hydrogen-bond acceptors (Lipinski definition) is 3. The zero-order valence-corrected chi connectivity index (χ0v) is 13.2. The van der Waals surface area contributed by atoms with E-state index in [1.54, 1.807) is 7.11 Å². The van der Waals surface area contributed by atoms with E-state index < -0.39 is 0 Å². The molecule has 0 bridgehead atoms. The second kappa shape index (κ2) is 7.57. The first kappa shape index (κ1) is 16.0. The molecule has 3 unspecified atom stereocenters. The Morgan fingerprint density at radius 3 is 2.57 bits per heavy atom. The summed E-state index contributed by atoms with van der Waals surface area (Å²) in [4.78, 5) is 14.9. The van der Waals surface area contributed by atoms with Crippen molar-refractivity contribution in [2.75, 3.05) is 13.7 Å². The molecule has 0 aromatic heterocycles. The van der Waals surface area contributed by atoms with Gasteiger partial charge in [-0.25, -0.2) is 0 Å². The minimum Gasteiger partial charge on any atom is -0.383 e. The van der Waals surface area contributed by atoms with Crippen molar-refractivity contribution in [2.24, 2.45) is 0 Å². The van der Waals surface area contributed by atoms with Crippen molar-refractivity contribution in [1.29, 1.82) is 0 Å². The maximum absolute atomic E-state index is 12.9. The number of rotatable bonds is 7. The van der Waals surface area contributed by atoms with E-state index in [1.165, 1.54) is 0 Å². The molecule has 1 amide bonds. The van der Waals surface area contributed by atoms with Crippen molar-refractivity contribution >= 4 is 5.91 Å². The molecule has 1 aromatic carbocycles. The van der Waals surface area contributed by atoms with Crippen LogP contribution in [0.1, 0.15) is 44.7 Å². The van der Waals surface area contributed by atoms with Gasteiger partial charge in [-0.3, -0.25) is 10.1 Å². The molecule has 116 valence electrons. The zero-order chi connectivity index (χ0) is 15.2. The van der Waals surface area contributed by atoms with Crippen LogP contribution < -0.4 is 5.32 Å². The van der Waals surface area contributed by atoms with Gasteiger partial charge < -0.3 is 9.64 Å². The van der Waals surface area contributed by atoms with E-state index >= 15 is 0 Å². The molecule has 1 N–H and O–H groups in total. The fraction of sp³-hybridized carbons (Fsp3) is 0.588. The van der Waals surface area contributed by atoms with Crippen LogP contribution in [0.5, 0.6) is 0 Å². The lowest BCUT2D eigenvalue weighted by atomic mass is 10.1. The predicted molar refractivity (Wildman–Crippen MR) is 83.8 cm³/mol. The molecule has 0 radical (unpaired) electrons. The lowest BCUT2D eigenvalue weighted by Gasteiger charge is -2.31. The average Bonchev–Trinajstić information content (AvgIpc) is 2.83. The molecule has 4 nitrogen and oxygen atoms in total. The molecule has 1 saturated heterocycles. The number of carbonyl (C=O) groups excluding carboxylic acids is 1. The lowest BCUT2D eigenvalue weighted by Crippen LogP contribution is -2.46. The third kappa shape index (κ3) is 3.44. The Balaban J connectivity index is 2.23. The van der Waals surface area contributed by atoms with Gasteiger partial charge in [0.05, 0.1) is 18.8 Å². The highest BCUT2D eigenvalue weighted by molar-refractivity contribution is 5.86. The predicted octanol–water partition coefficient (Wildman–Crippen LogP) is 2.71. The number of amides is 1. The van der Waals surface area contributed by atoms with E-state index in [4.69, 9.17) is 4.74 Å². The second-order valence-electron chi connectivity index (χ2n) is 5.58. The number of nitrogens with one attached hydrogen (secondary N) is 1. The maximum Gasteiger partial charge on any atom is 0.245 e. The van der Waals surface area contributed by atoms with Crippen LogP contribution in [0.25, 0.3) is 0 Å². The summed E-state index contributed by atoms with van der Waals surface area (Å²) in [6.45, 7) is 4.85. The molecule has 4 heteroatoms. The molecule has 0 aliphatic carbocycles. The lowest BCUT2D eigenvalue weighted by molar-refractivity contribution is -0.133. The van der Waals surface area contributed by atoms with Gasteiger partial charge in [0.1, 0.15) is 6.04 Å². The van der Waals surface area contributed by atoms with E-state index in [2.05, 4.69) is 19.2 Å². The molecule has 2 rings (SSSR count). The van der Waals surface area contributed by atoms with Gasteiger partial charge in [-0.15, -0.1) is 0 Å². The standard InChI is InChI=1S/C17H26N2O2/c1-4-9-15-18-16(13-10-7-6-8-11-13)17(20)19(15)14(5-2)12-21-3/h6-8,10-11,14-16,18H,4-5,9,12H2,1-3H3. The van der Waals surface area contributed by atoms with E-state index in [-0.39, 0.29) is 24.2 Å². The molecule has 1 fully saturated rings. The molecule has 0 spiro atoms. The van der Waals surface area contributed by atoms with Crippen molar-refractivity contribution in [1.82, 2.24) is 10.2 Å². The van der Waals surface area contributed by atoms with Crippen LogP contribution in [-0.4, -0.2) is 36.7 Å². The van der Waals surface area contributed by atoms with Crippen LogP contribution in [0.3, 0.4) is 0 Å². The van der Waals surface area contributed by atoms with Crippen LogP contribution >= 0.6 is 0 Å². The maximum atomic E-state index is 12.9. The van der Waals surface area contributed by atoms with Crippen molar-refractivity contribution in [3.8, 4) is 0 Å². The minimum absolute atomic E-state index is 0.104. The number of nitrogens with zero attached hydrogens (tertiary/aromatic N) is 1. The highest BCUT2D eigenvalue weighted by Crippen LogP contribution is 2.28. The van der Waals surface area contributed by atoms with Gasteiger partial charge in [-0.1, -0.05) is 50.6 Å². The summed E-state index contributed by atoms with van der Waals surface area (Å²) >= 11 is 0. The van der Waals surface area contributed by atoms with Crippen molar-refractivity contribution in [3.63, 3.8) is 0 Å². The summed E-state index contributed by atoms with van der Waals surface area (Å²) < 4.78 is 5.30. The number of hydrogen-bond donors (Lipinski definition) is 1. The molecule has 3 atom stereocenters. The van der Waals surface area contributed by atoms with Crippen molar-refractivity contribution in [2.45, 2.75) is 51.4 Å². The molecule has 1 heterocycles. The zero-order valence-electron chi connectivity index (χ0n) is 13.2. The van der Waals surface area contributed by atoms with E-state index in [0.717, 1.165) is 24.8 Å². The van der Waals surface area contributed by atoms with Crippen molar-refractivity contribution < 1.29 is 9.53 Å². The van der Waals surface area contributed by atoms with Gasteiger partial charge in [0.25, 0.3) is 0 Å². The monoisotopic (exact) mass is 290 g/mol. The second-order valence-corrected chi connectivity index (χ2v) is 5.58. The molecular formula is C17H26N2O2. The highest BCUT2D eigenvalue weighted by Gasteiger charge is 2.42. The first-order chi connectivity index (χ1) is 10.2. The summed E-state index contributed by atoms with van der Waals surface area (Å²) in [5, 5.41) is 3.50. The fourth-order valence-electron chi connectivity index (χ4n) is 3.05. The topological polar surface area (TPSA) is 41.6 Å². The summed E-state index contributed by atoms with van der Waals surface area (Å²) in [5.74, 6) is 0.170. The Morgan fingerprint density at radius 2 is 2.00 bits per heavy atom. The van der Waals surface area contributed by atoms with Gasteiger partial charge in [-0.05, 0) is 18.4 Å². The van der Waals surface area contributed by atoms with Gasteiger partial charge in [-0.2, -0.15) is 0 Å². The molecule has 1 aromatic rings. The normalized spacial score (nSPS) is 23.6. The van der Waals surface area contributed by atoms with Crippen LogP contribution in [0.15, 0.2) is 30.3 Å². The summed E-state index contributed by atoms with van der Waals surface area (Å²) in [7, 11) is 1.69. The SMILES string of the molecule is CCCC1NC(c2ccccc2)C(=O)N1C(CC)COC. The summed E-state index contributed by atoms with van der Waals surface area (Å²) in [6, 6.07) is 9.87. The van der Waals surface area contributed by atoms with Crippen LogP contribution in [0, 0.1) is 0 Å². The van der Waals surface area contributed by atoms with Gasteiger partial charge in [0, 0.05) is 7.11 Å².